The lowest BCUT2D eigenvalue weighted by molar-refractivity contribution is 0.418. The number of hydrogen-bond donors (Lipinski definition) is 2. The minimum Gasteiger partial charge on any atom is -0.496 e. The normalized spacial score (nSPS) is 11.7. The first-order valence-corrected chi connectivity index (χ1v) is 10.9. The van der Waals surface area contributed by atoms with Crippen molar-refractivity contribution < 1.29 is 17.7 Å². The fraction of sp³-hybridized carbons (Fsp3) is 0.200. The number of methoxy groups -OCH3 is 1. The maximum atomic E-state index is 12.6. The van der Waals surface area contributed by atoms with Gasteiger partial charge in [0, 0.05) is 12.7 Å². The third-order valence-corrected chi connectivity index (χ3v) is 5.74. The highest BCUT2D eigenvalue weighted by Crippen LogP contribution is 2.34. The van der Waals surface area contributed by atoms with Crippen molar-refractivity contribution in [3.8, 4) is 5.75 Å². The van der Waals surface area contributed by atoms with Gasteiger partial charge in [-0.15, -0.1) is 0 Å². The number of hydrogen-bond acceptors (Lipinski definition) is 7. The van der Waals surface area contributed by atoms with E-state index >= 15 is 0 Å². The van der Waals surface area contributed by atoms with Crippen LogP contribution < -0.4 is 15.2 Å². The Morgan fingerprint density at radius 1 is 1.17 bits per heavy atom. The van der Waals surface area contributed by atoms with Gasteiger partial charge in [0.25, 0.3) is 0 Å². The van der Waals surface area contributed by atoms with Gasteiger partial charge in [0.2, 0.25) is 10.0 Å². The molecule has 4 aromatic rings. The van der Waals surface area contributed by atoms with E-state index in [0.29, 0.717) is 35.4 Å². The van der Waals surface area contributed by atoms with Crippen molar-refractivity contribution in [1.29, 1.82) is 0 Å². The van der Waals surface area contributed by atoms with Crippen LogP contribution in [0.25, 0.3) is 11.0 Å². The Hall–Kier alpha value is -3.37. The second-order valence-corrected chi connectivity index (χ2v) is 8.48. The van der Waals surface area contributed by atoms with E-state index in [2.05, 4.69) is 15.0 Å². The SMILES string of the molecule is COc1cc(Cn2ccc(CN)n2)cc2onc(NS(=O)(=O)Cc3ccccc3)c12. The molecule has 0 aliphatic carbocycles. The minimum atomic E-state index is -3.69. The monoisotopic (exact) mass is 427 g/mol. The summed E-state index contributed by atoms with van der Waals surface area (Å²) in [5.41, 5.74) is 8.33. The van der Waals surface area contributed by atoms with E-state index in [1.807, 2.05) is 18.3 Å². The molecule has 0 aliphatic rings. The number of anilines is 1. The zero-order valence-electron chi connectivity index (χ0n) is 16.3. The number of fused-ring (bicyclic) bond motifs is 1. The van der Waals surface area contributed by atoms with Crippen LogP contribution in [0.4, 0.5) is 5.82 Å². The maximum Gasteiger partial charge on any atom is 0.238 e. The highest BCUT2D eigenvalue weighted by Gasteiger charge is 2.20. The van der Waals surface area contributed by atoms with Crippen LogP contribution in [-0.4, -0.2) is 30.5 Å². The first-order valence-electron chi connectivity index (χ1n) is 9.20. The average Bonchev–Trinajstić information content (AvgIpc) is 3.34. The highest BCUT2D eigenvalue weighted by molar-refractivity contribution is 7.91. The predicted molar refractivity (Wildman–Crippen MR) is 112 cm³/mol. The Morgan fingerprint density at radius 3 is 2.67 bits per heavy atom. The lowest BCUT2D eigenvalue weighted by Crippen LogP contribution is -2.15. The van der Waals surface area contributed by atoms with Crippen LogP contribution >= 0.6 is 0 Å². The van der Waals surface area contributed by atoms with Crippen molar-refractivity contribution in [3.05, 3.63) is 71.5 Å². The number of aromatic nitrogens is 3. The van der Waals surface area contributed by atoms with Gasteiger partial charge in [0.1, 0.15) is 11.1 Å². The molecule has 4 rings (SSSR count). The molecule has 0 saturated heterocycles. The zero-order chi connectivity index (χ0) is 21.1. The van der Waals surface area contributed by atoms with Gasteiger partial charge < -0.3 is 15.0 Å². The van der Waals surface area contributed by atoms with Crippen molar-refractivity contribution in [2.75, 3.05) is 11.8 Å². The number of nitrogens with zero attached hydrogens (tertiary/aromatic N) is 3. The molecule has 0 amide bonds. The van der Waals surface area contributed by atoms with E-state index < -0.39 is 10.0 Å². The second kappa shape index (κ2) is 8.17. The van der Waals surface area contributed by atoms with Crippen molar-refractivity contribution in [1.82, 2.24) is 14.9 Å². The largest absolute Gasteiger partial charge is 0.496 e. The lowest BCUT2D eigenvalue weighted by Gasteiger charge is -2.09. The number of nitrogens with one attached hydrogen (secondary N) is 1. The minimum absolute atomic E-state index is 0.0915. The van der Waals surface area contributed by atoms with Crippen LogP contribution in [0.1, 0.15) is 16.8 Å². The summed E-state index contributed by atoms with van der Waals surface area (Å²) >= 11 is 0. The molecule has 0 radical (unpaired) electrons. The van der Waals surface area contributed by atoms with Crippen LogP contribution in [-0.2, 0) is 28.9 Å². The summed E-state index contributed by atoms with van der Waals surface area (Å²) < 4.78 is 40.3. The number of rotatable bonds is 8. The van der Waals surface area contributed by atoms with Gasteiger partial charge in [-0.2, -0.15) is 5.10 Å². The molecule has 2 aromatic carbocycles. The Bertz CT molecular complexity index is 1270. The van der Waals surface area contributed by atoms with E-state index in [9.17, 15) is 8.42 Å². The first kappa shape index (κ1) is 19.9. The quantitative estimate of drug-likeness (QED) is 0.442. The number of nitrogens with two attached hydrogens (primary N) is 1. The summed E-state index contributed by atoms with van der Waals surface area (Å²) in [5.74, 6) is 0.368. The fourth-order valence-corrected chi connectivity index (χ4v) is 4.31. The molecular weight excluding hydrogens is 406 g/mol. The lowest BCUT2D eigenvalue weighted by atomic mass is 10.1. The van der Waals surface area contributed by atoms with Gasteiger partial charge in [-0.05, 0) is 29.3 Å². The molecule has 156 valence electrons. The van der Waals surface area contributed by atoms with Gasteiger partial charge in [0.15, 0.2) is 11.4 Å². The van der Waals surface area contributed by atoms with Gasteiger partial charge in [-0.3, -0.25) is 9.40 Å². The van der Waals surface area contributed by atoms with Crippen LogP contribution in [0.5, 0.6) is 5.75 Å². The van der Waals surface area contributed by atoms with Gasteiger partial charge in [-0.25, -0.2) is 8.42 Å². The summed E-state index contributed by atoms with van der Waals surface area (Å²) in [6.07, 6.45) is 1.84. The van der Waals surface area contributed by atoms with Crippen molar-refractivity contribution in [2.24, 2.45) is 5.73 Å². The van der Waals surface area contributed by atoms with Gasteiger partial charge in [0.05, 0.1) is 25.1 Å². The van der Waals surface area contributed by atoms with Gasteiger partial charge >= 0.3 is 0 Å². The van der Waals surface area contributed by atoms with Crippen molar-refractivity contribution in [3.63, 3.8) is 0 Å². The Kier molecular flexibility index (Phi) is 5.42. The van der Waals surface area contributed by atoms with Crippen molar-refractivity contribution >= 4 is 26.8 Å². The predicted octanol–water partition coefficient (Wildman–Crippen LogP) is 2.48. The Labute approximate surface area is 173 Å². The molecule has 0 atom stereocenters. The molecule has 2 aromatic heterocycles. The van der Waals surface area contributed by atoms with E-state index in [1.165, 1.54) is 7.11 Å². The van der Waals surface area contributed by atoms with E-state index in [-0.39, 0.29) is 11.6 Å². The van der Waals surface area contributed by atoms with Crippen molar-refractivity contribution in [2.45, 2.75) is 18.8 Å². The molecule has 10 heteroatoms. The summed E-state index contributed by atoms with van der Waals surface area (Å²) in [5, 5.41) is 8.74. The zero-order valence-corrected chi connectivity index (χ0v) is 17.1. The van der Waals surface area contributed by atoms with Crippen LogP contribution in [0.15, 0.2) is 59.3 Å². The summed E-state index contributed by atoms with van der Waals surface area (Å²) in [6.45, 7) is 0.839. The molecule has 30 heavy (non-hydrogen) atoms. The van der Waals surface area contributed by atoms with Crippen LogP contribution in [0, 0.1) is 0 Å². The molecule has 0 unspecified atom stereocenters. The maximum absolute atomic E-state index is 12.6. The first-order chi connectivity index (χ1) is 14.5. The molecule has 3 N–H and O–H groups in total. The standard InChI is InChI=1S/C20H21N5O4S/c1-28-17-9-15(12-25-8-7-16(11-21)22-25)10-18-19(17)20(23-29-18)24-30(26,27)13-14-5-3-2-4-6-14/h2-10H,11-13,21H2,1H3,(H,23,24). The average molecular weight is 427 g/mol. The van der Waals surface area contributed by atoms with Crippen LogP contribution in [0.3, 0.4) is 0 Å². The third kappa shape index (κ3) is 4.29. The van der Waals surface area contributed by atoms with Gasteiger partial charge in [-0.1, -0.05) is 35.5 Å². The molecular formula is C20H21N5O4S. The molecule has 0 fully saturated rings. The third-order valence-electron chi connectivity index (χ3n) is 4.52. The molecule has 2 heterocycles. The summed E-state index contributed by atoms with van der Waals surface area (Å²) in [6, 6.07) is 14.3. The second-order valence-electron chi connectivity index (χ2n) is 6.76. The molecule has 0 saturated carbocycles. The van der Waals surface area contributed by atoms with E-state index in [4.69, 9.17) is 15.0 Å². The Balaban J connectivity index is 1.62. The molecule has 0 bridgehead atoms. The number of benzene rings is 2. The summed E-state index contributed by atoms with van der Waals surface area (Å²) in [4.78, 5) is 0. The topological polar surface area (TPSA) is 125 Å². The number of ether oxygens (including phenoxy) is 1. The molecule has 9 nitrogen and oxygen atoms in total. The fourth-order valence-electron chi connectivity index (χ4n) is 3.18. The smallest absolute Gasteiger partial charge is 0.238 e. The number of sulfonamides is 1. The summed E-state index contributed by atoms with van der Waals surface area (Å²) in [7, 11) is -2.18. The highest BCUT2D eigenvalue weighted by atomic mass is 32.2. The van der Waals surface area contributed by atoms with E-state index in [1.54, 1.807) is 41.1 Å². The van der Waals surface area contributed by atoms with E-state index in [0.717, 1.165) is 11.3 Å². The molecule has 0 spiro atoms. The molecule has 0 aliphatic heterocycles. The van der Waals surface area contributed by atoms with Crippen LogP contribution in [0.2, 0.25) is 0 Å². The Morgan fingerprint density at radius 2 is 1.97 bits per heavy atom.